The Bertz CT molecular complexity index is 1450. The van der Waals surface area contributed by atoms with Crippen LogP contribution in [-0.4, -0.2) is 22.7 Å². The second-order valence-corrected chi connectivity index (χ2v) is 8.84. The van der Waals surface area contributed by atoms with Crippen molar-refractivity contribution >= 4 is 16.9 Å². The van der Waals surface area contributed by atoms with Crippen molar-refractivity contribution in [3.63, 3.8) is 0 Å². The van der Waals surface area contributed by atoms with E-state index in [1.54, 1.807) is 4.90 Å². The smallest absolute Gasteiger partial charge is 0.318 e. The molecule has 0 radical (unpaired) electrons. The van der Waals surface area contributed by atoms with E-state index in [1.165, 1.54) is 0 Å². The Kier molecular flexibility index (Phi) is 6.14. The number of H-pyrrole nitrogens is 1. The summed E-state index contributed by atoms with van der Waals surface area (Å²) in [6, 6.07) is 21.0. The number of pyridine rings is 1. The van der Waals surface area contributed by atoms with Gasteiger partial charge in [-0.15, -0.1) is 0 Å². The van der Waals surface area contributed by atoms with Crippen LogP contribution in [-0.2, 0) is 19.6 Å². The number of rotatable bonds is 6. The van der Waals surface area contributed by atoms with Gasteiger partial charge in [0.25, 0.3) is 5.56 Å². The molecule has 2 amide bonds. The van der Waals surface area contributed by atoms with Crippen LogP contribution >= 0.6 is 0 Å². The van der Waals surface area contributed by atoms with Crippen molar-refractivity contribution in [1.29, 1.82) is 0 Å². The fraction of sp³-hybridized carbons (Fsp3) is 0.214. The van der Waals surface area contributed by atoms with Gasteiger partial charge in [0.1, 0.15) is 0 Å². The Hall–Kier alpha value is -4.26. The van der Waals surface area contributed by atoms with E-state index in [2.05, 4.69) is 16.4 Å². The van der Waals surface area contributed by atoms with Crippen LogP contribution in [0.5, 0.6) is 11.5 Å². The highest BCUT2D eigenvalue weighted by Crippen LogP contribution is 2.33. The lowest BCUT2D eigenvalue weighted by atomic mass is 10.0. The number of benzene rings is 3. The third-order valence-corrected chi connectivity index (χ3v) is 6.28. The van der Waals surface area contributed by atoms with Crippen LogP contribution in [0.25, 0.3) is 10.9 Å². The van der Waals surface area contributed by atoms with Gasteiger partial charge < -0.3 is 24.7 Å². The number of fused-ring (bicyclic) bond motifs is 2. The van der Waals surface area contributed by atoms with Gasteiger partial charge in [0.05, 0.1) is 6.54 Å². The van der Waals surface area contributed by atoms with Gasteiger partial charge in [-0.1, -0.05) is 36.4 Å². The largest absolute Gasteiger partial charge is 0.454 e. The fourth-order valence-corrected chi connectivity index (χ4v) is 4.19. The molecule has 0 fully saturated rings. The molecule has 1 aliphatic rings. The first kappa shape index (κ1) is 22.5. The van der Waals surface area contributed by atoms with E-state index in [4.69, 9.17) is 9.47 Å². The molecule has 0 saturated heterocycles. The highest BCUT2D eigenvalue weighted by atomic mass is 16.7. The van der Waals surface area contributed by atoms with Gasteiger partial charge in [-0.2, -0.15) is 0 Å². The zero-order valence-corrected chi connectivity index (χ0v) is 19.8. The van der Waals surface area contributed by atoms with Crippen molar-refractivity contribution in [3.8, 4) is 11.5 Å². The van der Waals surface area contributed by atoms with Gasteiger partial charge in [0.2, 0.25) is 6.79 Å². The topological polar surface area (TPSA) is 83.7 Å². The SMILES string of the molecule is Cc1cc2cc(CN(Cc3ccc4c(c3)OCO4)C(=O)NCc3ccccc3)c(=O)[nH]c2cc1C. The Morgan fingerprint density at radius 2 is 1.69 bits per heavy atom. The molecular formula is C28H27N3O4. The summed E-state index contributed by atoms with van der Waals surface area (Å²) < 4.78 is 10.9. The van der Waals surface area contributed by atoms with Gasteiger partial charge in [0, 0.05) is 24.2 Å². The second kappa shape index (κ2) is 9.54. The average molecular weight is 470 g/mol. The van der Waals surface area contributed by atoms with Crippen LogP contribution in [0.3, 0.4) is 0 Å². The number of hydrogen-bond acceptors (Lipinski definition) is 4. The first-order valence-electron chi connectivity index (χ1n) is 11.5. The average Bonchev–Trinajstić information content (AvgIpc) is 3.32. The monoisotopic (exact) mass is 469 g/mol. The molecule has 4 aromatic rings. The summed E-state index contributed by atoms with van der Waals surface area (Å²) >= 11 is 0. The molecule has 0 aliphatic carbocycles. The van der Waals surface area contributed by atoms with Gasteiger partial charge in [-0.3, -0.25) is 4.79 Å². The highest BCUT2D eigenvalue weighted by Gasteiger charge is 2.19. The lowest BCUT2D eigenvalue weighted by molar-refractivity contribution is 0.173. The molecule has 2 N–H and O–H groups in total. The maximum Gasteiger partial charge on any atom is 0.318 e. The Morgan fingerprint density at radius 3 is 2.51 bits per heavy atom. The first-order valence-corrected chi connectivity index (χ1v) is 11.5. The molecule has 0 spiro atoms. The van der Waals surface area contributed by atoms with Gasteiger partial charge in [0.15, 0.2) is 11.5 Å². The summed E-state index contributed by atoms with van der Waals surface area (Å²) in [5, 5.41) is 3.92. The third kappa shape index (κ3) is 4.99. The molecule has 35 heavy (non-hydrogen) atoms. The van der Waals surface area contributed by atoms with Crippen molar-refractivity contribution in [2.45, 2.75) is 33.5 Å². The van der Waals surface area contributed by atoms with Gasteiger partial charge >= 0.3 is 6.03 Å². The van der Waals surface area contributed by atoms with Gasteiger partial charge in [-0.05, 0) is 71.8 Å². The number of nitrogens with zero attached hydrogens (tertiary/aromatic N) is 1. The van der Waals surface area contributed by atoms with Crippen molar-refractivity contribution < 1.29 is 14.3 Å². The quantitative estimate of drug-likeness (QED) is 0.426. The number of carbonyl (C=O) groups excluding carboxylic acids is 1. The number of aryl methyl sites for hydroxylation is 2. The molecule has 5 rings (SSSR count). The maximum absolute atomic E-state index is 13.3. The normalized spacial score (nSPS) is 12.1. The number of urea groups is 1. The van der Waals surface area contributed by atoms with Crippen molar-refractivity contribution in [2.24, 2.45) is 0 Å². The van der Waals surface area contributed by atoms with Crippen LogP contribution in [0.4, 0.5) is 4.79 Å². The highest BCUT2D eigenvalue weighted by molar-refractivity contribution is 5.81. The summed E-state index contributed by atoms with van der Waals surface area (Å²) in [6.07, 6.45) is 0. The predicted octanol–water partition coefficient (Wildman–Crippen LogP) is 4.79. The molecular weight excluding hydrogens is 442 g/mol. The van der Waals surface area contributed by atoms with E-state index in [0.717, 1.165) is 33.2 Å². The fourth-order valence-electron chi connectivity index (χ4n) is 4.19. The standard InChI is InChI=1S/C28H27N3O4/c1-18-10-22-13-23(27(32)30-24(22)11-19(18)2)16-31(28(33)29-14-20-6-4-3-5-7-20)15-21-8-9-25-26(12-21)35-17-34-25/h3-13H,14-17H2,1-2H3,(H,29,33)(H,30,32). The second-order valence-electron chi connectivity index (χ2n) is 8.84. The number of aromatic amines is 1. The molecule has 0 atom stereocenters. The van der Waals surface area contributed by atoms with Crippen LogP contribution in [0.1, 0.15) is 27.8 Å². The van der Waals surface area contributed by atoms with Gasteiger partial charge in [-0.25, -0.2) is 4.79 Å². The van der Waals surface area contributed by atoms with E-state index in [9.17, 15) is 9.59 Å². The summed E-state index contributed by atoms with van der Waals surface area (Å²) in [6.45, 7) is 5.11. The van der Waals surface area contributed by atoms with E-state index < -0.39 is 0 Å². The Morgan fingerprint density at radius 1 is 0.914 bits per heavy atom. The maximum atomic E-state index is 13.3. The van der Waals surface area contributed by atoms with Crippen LogP contribution < -0.4 is 20.3 Å². The number of aromatic nitrogens is 1. The summed E-state index contributed by atoms with van der Waals surface area (Å²) in [4.78, 5) is 30.8. The minimum absolute atomic E-state index is 0.160. The molecule has 0 unspecified atom stereocenters. The number of carbonyl (C=O) groups is 1. The van der Waals surface area contributed by atoms with E-state index in [0.29, 0.717) is 30.2 Å². The summed E-state index contributed by atoms with van der Waals surface area (Å²) in [5.74, 6) is 1.34. The molecule has 1 aromatic heterocycles. The molecule has 3 aromatic carbocycles. The molecule has 7 nitrogen and oxygen atoms in total. The lowest BCUT2D eigenvalue weighted by Crippen LogP contribution is -2.39. The van der Waals surface area contributed by atoms with Crippen LogP contribution in [0.2, 0.25) is 0 Å². The van der Waals surface area contributed by atoms with Crippen molar-refractivity contribution in [2.75, 3.05) is 6.79 Å². The molecule has 0 bridgehead atoms. The summed E-state index contributed by atoms with van der Waals surface area (Å²) in [5.41, 5.74) is 5.26. The number of nitrogens with one attached hydrogen (secondary N) is 2. The van der Waals surface area contributed by atoms with E-state index in [-0.39, 0.29) is 24.9 Å². The number of ether oxygens (including phenoxy) is 2. The number of hydrogen-bond donors (Lipinski definition) is 2. The minimum Gasteiger partial charge on any atom is -0.454 e. The third-order valence-electron chi connectivity index (χ3n) is 6.28. The van der Waals surface area contributed by atoms with Crippen LogP contribution in [0, 0.1) is 13.8 Å². The lowest BCUT2D eigenvalue weighted by Gasteiger charge is -2.23. The Balaban J connectivity index is 1.43. The van der Waals surface area contributed by atoms with Crippen LogP contribution in [0.15, 0.2) is 71.5 Å². The molecule has 178 valence electrons. The summed E-state index contributed by atoms with van der Waals surface area (Å²) in [7, 11) is 0. The predicted molar refractivity (Wildman–Crippen MR) is 135 cm³/mol. The number of amides is 2. The molecule has 7 heteroatoms. The van der Waals surface area contributed by atoms with E-state index >= 15 is 0 Å². The minimum atomic E-state index is -0.258. The molecule has 2 heterocycles. The van der Waals surface area contributed by atoms with E-state index in [1.807, 2.05) is 74.5 Å². The Labute approximate surface area is 203 Å². The van der Waals surface area contributed by atoms with Crippen molar-refractivity contribution in [3.05, 3.63) is 105 Å². The zero-order valence-electron chi connectivity index (χ0n) is 19.8. The zero-order chi connectivity index (χ0) is 24.4. The van der Waals surface area contributed by atoms with Crippen molar-refractivity contribution in [1.82, 2.24) is 15.2 Å². The first-order chi connectivity index (χ1) is 17.0. The molecule has 0 saturated carbocycles. The molecule has 1 aliphatic heterocycles.